The van der Waals surface area contributed by atoms with Crippen molar-refractivity contribution in [1.29, 1.82) is 0 Å². The highest BCUT2D eigenvalue weighted by molar-refractivity contribution is 7.09. The fourth-order valence-corrected chi connectivity index (χ4v) is 4.57. The highest BCUT2D eigenvalue weighted by atomic mass is 32.1. The largest absolute Gasteiger partial charge is 0.372 e. The number of nitrogens with one attached hydrogen (secondary N) is 1. The van der Waals surface area contributed by atoms with Crippen LogP contribution in [-0.2, 0) is 18.3 Å². The van der Waals surface area contributed by atoms with Gasteiger partial charge in [0.1, 0.15) is 5.01 Å². The molecule has 2 aromatic rings. The molecule has 1 atom stereocenters. The van der Waals surface area contributed by atoms with Crippen molar-refractivity contribution in [1.82, 2.24) is 24.8 Å². The fraction of sp³-hybridized carbons (Fsp3) is 0.588. The molecule has 0 radical (unpaired) electrons. The van der Waals surface area contributed by atoms with Gasteiger partial charge in [0, 0.05) is 57.3 Å². The summed E-state index contributed by atoms with van der Waals surface area (Å²) in [5, 5.41) is 6.16. The van der Waals surface area contributed by atoms with Gasteiger partial charge in [-0.05, 0) is 18.8 Å². The van der Waals surface area contributed by atoms with Crippen LogP contribution in [0, 0.1) is 5.92 Å². The number of thiazole rings is 1. The third-order valence-corrected chi connectivity index (χ3v) is 5.99. The summed E-state index contributed by atoms with van der Waals surface area (Å²) in [5.74, 6) is 0.844. The highest BCUT2D eigenvalue weighted by Gasteiger charge is 2.52. The number of imidazole rings is 1. The molecule has 8 heteroatoms. The molecule has 2 fully saturated rings. The summed E-state index contributed by atoms with van der Waals surface area (Å²) >= 11 is 1.70. The fourth-order valence-electron chi connectivity index (χ4n) is 3.91. The molecular formula is C17H23N5O2S. The Balaban J connectivity index is 1.25. The number of aromatic nitrogens is 3. The van der Waals surface area contributed by atoms with Crippen LogP contribution in [0.4, 0.5) is 0 Å². The van der Waals surface area contributed by atoms with Crippen LogP contribution in [0.3, 0.4) is 0 Å². The van der Waals surface area contributed by atoms with Crippen LogP contribution in [0.1, 0.15) is 28.5 Å². The molecule has 4 rings (SSSR count). The monoisotopic (exact) mass is 361 g/mol. The van der Waals surface area contributed by atoms with Crippen molar-refractivity contribution in [3.63, 3.8) is 0 Å². The Hall–Kier alpha value is -1.77. The summed E-state index contributed by atoms with van der Waals surface area (Å²) in [6, 6.07) is 0. The van der Waals surface area contributed by atoms with Gasteiger partial charge in [-0.25, -0.2) is 9.97 Å². The highest BCUT2D eigenvalue weighted by Crippen LogP contribution is 2.42. The standard InChI is InChI=1S/C17H23N5O2S/c1-21-7-5-19-15(21)16(23)20-4-2-13-3-8-24-17(13)11-22(12-17)10-14-18-6-9-25-14/h5-7,9,13H,2-4,8,10-12H2,1H3,(H,20,23)/t13-/m1/s1. The molecule has 2 aromatic heterocycles. The Morgan fingerprint density at radius 2 is 2.32 bits per heavy atom. The van der Waals surface area contributed by atoms with E-state index < -0.39 is 0 Å². The Morgan fingerprint density at radius 3 is 3.04 bits per heavy atom. The number of aryl methyl sites for hydroxylation is 1. The van der Waals surface area contributed by atoms with Gasteiger partial charge in [-0.15, -0.1) is 11.3 Å². The third-order valence-electron chi connectivity index (χ3n) is 5.23. The number of rotatable bonds is 6. The number of hydrogen-bond donors (Lipinski definition) is 1. The van der Waals surface area contributed by atoms with Gasteiger partial charge in [-0.1, -0.05) is 0 Å². The van der Waals surface area contributed by atoms with Gasteiger partial charge in [0.2, 0.25) is 0 Å². The van der Waals surface area contributed by atoms with Crippen LogP contribution >= 0.6 is 11.3 Å². The van der Waals surface area contributed by atoms with Crippen LogP contribution in [0.2, 0.25) is 0 Å². The van der Waals surface area contributed by atoms with E-state index in [0.29, 0.717) is 18.3 Å². The lowest BCUT2D eigenvalue weighted by atomic mass is 9.79. The molecule has 2 aliphatic heterocycles. The molecule has 0 aromatic carbocycles. The molecule has 1 N–H and O–H groups in total. The molecule has 1 amide bonds. The van der Waals surface area contributed by atoms with Gasteiger partial charge < -0.3 is 14.6 Å². The quantitative estimate of drug-likeness (QED) is 0.839. The molecule has 0 aliphatic carbocycles. The molecule has 2 aliphatic rings. The second-order valence-corrected chi connectivity index (χ2v) is 7.86. The number of likely N-dealkylation sites (tertiary alicyclic amines) is 1. The first-order valence-corrected chi connectivity index (χ1v) is 9.54. The van der Waals surface area contributed by atoms with E-state index in [2.05, 4.69) is 20.2 Å². The second kappa shape index (κ2) is 6.86. The predicted molar refractivity (Wildman–Crippen MR) is 94.3 cm³/mol. The van der Waals surface area contributed by atoms with E-state index in [1.54, 1.807) is 28.3 Å². The molecule has 0 saturated carbocycles. The first kappa shape index (κ1) is 16.7. The molecule has 1 spiro atoms. The molecule has 134 valence electrons. The lowest BCUT2D eigenvalue weighted by Gasteiger charge is -2.50. The maximum absolute atomic E-state index is 12.1. The van der Waals surface area contributed by atoms with Gasteiger partial charge in [0.15, 0.2) is 5.82 Å². The predicted octanol–water partition coefficient (Wildman–Crippen LogP) is 1.29. The number of ether oxygens (including phenoxy) is 1. The van der Waals surface area contributed by atoms with Crippen LogP contribution in [0.5, 0.6) is 0 Å². The Morgan fingerprint density at radius 1 is 1.44 bits per heavy atom. The SMILES string of the molecule is Cn1ccnc1C(=O)NCC[C@@H]1CCOC12CN(Cc1nccs1)C2. The normalized spacial score (nSPS) is 22.2. The van der Waals surface area contributed by atoms with Crippen molar-refractivity contribution in [3.8, 4) is 0 Å². The lowest BCUT2D eigenvalue weighted by Crippen LogP contribution is -2.64. The van der Waals surface area contributed by atoms with Gasteiger partial charge >= 0.3 is 0 Å². The first-order chi connectivity index (χ1) is 12.2. The summed E-state index contributed by atoms with van der Waals surface area (Å²) in [7, 11) is 1.83. The lowest BCUT2D eigenvalue weighted by molar-refractivity contribution is -0.136. The van der Waals surface area contributed by atoms with E-state index >= 15 is 0 Å². The molecule has 0 unspecified atom stereocenters. The zero-order valence-electron chi connectivity index (χ0n) is 14.4. The number of hydrogen-bond acceptors (Lipinski definition) is 6. The van der Waals surface area contributed by atoms with Crippen LogP contribution in [-0.4, -0.2) is 57.2 Å². The zero-order valence-corrected chi connectivity index (χ0v) is 15.2. The van der Waals surface area contributed by atoms with E-state index in [1.807, 2.05) is 18.6 Å². The van der Waals surface area contributed by atoms with Gasteiger partial charge in [-0.2, -0.15) is 0 Å². The maximum Gasteiger partial charge on any atom is 0.287 e. The number of nitrogens with zero attached hydrogens (tertiary/aromatic N) is 4. The molecule has 25 heavy (non-hydrogen) atoms. The van der Waals surface area contributed by atoms with E-state index in [9.17, 15) is 4.79 Å². The molecule has 7 nitrogen and oxygen atoms in total. The maximum atomic E-state index is 12.1. The summed E-state index contributed by atoms with van der Waals surface area (Å²) in [4.78, 5) is 23.0. The van der Waals surface area contributed by atoms with Crippen molar-refractivity contribution < 1.29 is 9.53 Å². The van der Waals surface area contributed by atoms with E-state index in [0.717, 1.165) is 44.1 Å². The average molecular weight is 361 g/mol. The number of carbonyl (C=O) groups excluding carboxylic acids is 1. The van der Waals surface area contributed by atoms with Gasteiger partial charge in [0.25, 0.3) is 5.91 Å². The molecule has 2 saturated heterocycles. The summed E-state index contributed by atoms with van der Waals surface area (Å²) < 4.78 is 7.83. The zero-order chi connectivity index (χ0) is 17.3. The van der Waals surface area contributed by atoms with Crippen molar-refractivity contribution in [2.45, 2.75) is 25.0 Å². The Labute approximate surface area is 151 Å². The third kappa shape index (κ3) is 3.33. The first-order valence-electron chi connectivity index (χ1n) is 8.66. The second-order valence-electron chi connectivity index (χ2n) is 6.88. The van der Waals surface area contributed by atoms with Crippen LogP contribution in [0.15, 0.2) is 24.0 Å². The number of carbonyl (C=O) groups is 1. The van der Waals surface area contributed by atoms with Crippen molar-refractivity contribution >= 4 is 17.2 Å². The minimum Gasteiger partial charge on any atom is -0.372 e. The van der Waals surface area contributed by atoms with Crippen LogP contribution < -0.4 is 5.32 Å². The molecular weight excluding hydrogens is 338 g/mol. The average Bonchev–Trinajstić information content (AvgIpc) is 3.28. The van der Waals surface area contributed by atoms with Gasteiger partial charge in [-0.3, -0.25) is 9.69 Å². The van der Waals surface area contributed by atoms with E-state index in [1.165, 1.54) is 0 Å². The summed E-state index contributed by atoms with van der Waals surface area (Å²) in [6.07, 6.45) is 7.29. The minimum absolute atomic E-state index is 0.0226. The van der Waals surface area contributed by atoms with Crippen molar-refractivity contribution in [2.75, 3.05) is 26.2 Å². The van der Waals surface area contributed by atoms with Crippen molar-refractivity contribution in [3.05, 3.63) is 34.8 Å². The number of amides is 1. The van der Waals surface area contributed by atoms with Crippen molar-refractivity contribution in [2.24, 2.45) is 13.0 Å². The summed E-state index contributed by atoms with van der Waals surface area (Å²) in [5.41, 5.74) is -0.0226. The smallest absolute Gasteiger partial charge is 0.287 e. The summed E-state index contributed by atoms with van der Waals surface area (Å²) in [6.45, 7) is 4.32. The topological polar surface area (TPSA) is 72.3 Å². The minimum atomic E-state index is -0.112. The van der Waals surface area contributed by atoms with Gasteiger partial charge in [0.05, 0.1) is 12.1 Å². The van der Waals surface area contributed by atoms with Crippen LogP contribution in [0.25, 0.3) is 0 Å². The molecule has 4 heterocycles. The molecule has 0 bridgehead atoms. The van der Waals surface area contributed by atoms with E-state index in [4.69, 9.17) is 4.74 Å². The Kier molecular flexibility index (Phi) is 4.58. The Bertz CT molecular complexity index is 723. The van der Waals surface area contributed by atoms with E-state index in [-0.39, 0.29) is 11.5 Å².